The van der Waals surface area contributed by atoms with Gasteiger partial charge in [-0.15, -0.1) is 0 Å². The summed E-state index contributed by atoms with van der Waals surface area (Å²) in [5, 5.41) is 4.06. The molecule has 1 aliphatic heterocycles. The number of hydrogen-bond acceptors (Lipinski definition) is 5. The van der Waals surface area contributed by atoms with E-state index in [4.69, 9.17) is 9.51 Å². The van der Waals surface area contributed by atoms with Gasteiger partial charge >= 0.3 is 0 Å². The van der Waals surface area contributed by atoms with E-state index in [1.54, 1.807) is 0 Å². The Morgan fingerprint density at radius 3 is 2.85 bits per heavy atom. The van der Waals surface area contributed by atoms with E-state index in [1.807, 2.05) is 32.3 Å². The van der Waals surface area contributed by atoms with E-state index in [0.29, 0.717) is 5.92 Å². The second kappa shape index (κ2) is 7.61. The maximum absolute atomic E-state index is 5.30. The van der Waals surface area contributed by atoms with Gasteiger partial charge in [-0.1, -0.05) is 11.2 Å². The highest BCUT2D eigenvalue weighted by molar-refractivity contribution is 5.63. The fourth-order valence-electron chi connectivity index (χ4n) is 4.02. The standard InChI is InChI=1S/C22H26N4O/c1-15-12-23-9-7-19(15)14-26-10-8-18(13-26)11-20-5-4-6-21(24-20)22-16(2)25-27-17(22)3/h4-7,9,12,18H,8,10-11,13-14H2,1-3H3/t18-/m1/s1. The molecule has 1 fully saturated rings. The van der Waals surface area contributed by atoms with Gasteiger partial charge in [0.05, 0.1) is 17.0 Å². The van der Waals surface area contributed by atoms with Crippen molar-refractivity contribution in [1.82, 2.24) is 20.0 Å². The average Bonchev–Trinajstić information content (AvgIpc) is 3.23. The number of aryl methyl sites for hydroxylation is 3. The van der Waals surface area contributed by atoms with Crippen molar-refractivity contribution >= 4 is 0 Å². The van der Waals surface area contributed by atoms with E-state index >= 15 is 0 Å². The van der Waals surface area contributed by atoms with Crippen molar-refractivity contribution in [2.75, 3.05) is 13.1 Å². The first kappa shape index (κ1) is 17.9. The van der Waals surface area contributed by atoms with Gasteiger partial charge in [-0.25, -0.2) is 0 Å². The quantitative estimate of drug-likeness (QED) is 0.683. The number of pyridine rings is 2. The first-order valence-corrected chi connectivity index (χ1v) is 9.61. The number of hydrogen-bond donors (Lipinski definition) is 0. The Morgan fingerprint density at radius 2 is 2.07 bits per heavy atom. The molecule has 3 aromatic heterocycles. The Bertz CT molecular complexity index is 914. The number of rotatable bonds is 5. The Morgan fingerprint density at radius 1 is 1.19 bits per heavy atom. The maximum Gasteiger partial charge on any atom is 0.143 e. The summed E-state index contributed by atoms with van der Waals surface area (Å²) in [5.41, 5.74) is 6.69. The Balaban J connectivity index is 1.42. The van der Waals surface area contributed by atoms with Gasteiger partial charge in [0.2, 0.25) is 0 Å². The maximum atomic E-state index is 5.30. The van der Waals surface area contributed by atoms with Gasteiger partial charge in [0.1, 0.15) is 5.76 Å². The predicted molar refractivity (Wildman–Crippen MR) is 105 cm³/mol. The molecule has 4 heterocycles. The summed E-state index contributed by atoms with van der Waals surface area (Å²) >= 11 is 0. The first-order chi connectivity index (χ1) is 13.1. The molecule has 1 aliphatic rings. The van der Waals surface area contributed by atoms with Crippen molar-refractivity contribution in [2.24, 2.45) is 5.92 Å². The van der Waals surface area contributed by atoms with Crippen LogP contribution in [0.5, 0.6) is 0 Å². The Kier molecular flexibility index (Phi) is 5.03. The molecule has 5 nitrogen and oxygen atoms in total. The third kappa shape index (κ3) is 3.93. The minimum absolute atomic E-state index is 0.652. The Labute approximate surface area is 160 Å². The lowest BCUT2D eigenvalue weighted by Crippen LogP contribution is -2.21. The largest absolute Gasteiger partial charge is 0.361 e. The smallest absolute Gasteiger partial charge is 0.143 e. The van der Waals surface area contributed by atoms with E-state index < -0.39 is 0 Å². The van der Waals surface area contributed by atoms with Crippen molar-refractivity contribution in [3.8, 4) is 11.3 Å². The molecule has 0 N–H and O–H groups in total. The third-order valence-electron chi connectivity index (χ3n) is 5.49. The van der Waals surface area contributed by atoms with E-state index in [2.05, 4.69) is 40.2 Å². The van der Waals surface area contributed by atoms with Gasteiger partial charge in [0, 0.05) is 31.2 Å². The molecule has 1 saturated heterocycles. The average molecular weight is 362 g/mol. The van der Waals surface area contributed by atoms with Gasteiger partial charge in [-0.05, 0) is 75.4 Å². The molecule has 3 aromatic rings. The third-order valence-corrected chi connectivity index (χ3v) is 5.49. The van der Waals surface area contributed by atoms with Crippen LogP contribution in [0.3, 0.4) is 0 Å². The lowest BCUT2D eigenvalue weighted by atomic mass is 10.0. The monoisotopic (exact) mass is 362 g/mol. The van der Waals surface area contributed by atoms with Crippen LogP contribution in [0.1, 0.15) is 34.7 Å². The molecule has 0 saturated carbocycles. The van der Waals surface area contributed by atoms with Crippen LogP contribution in [0.15, 0.2) is 41.2 Å². The normalized spacial score (nSPS) is 17.5. The molecule has 0 unspecified atom stereocenters. The molecule has 0 bridgehead atoms. The molecule has 0 amide bonds. The van der Waals surface area contributed by atoms with Crippen molar-refractivity contribution in [3.05, 3.63) is 64.9 Å². The highest BCUT2D eigenvalue weighted by Crippen LogP contribution is 2.27. The van der Waals surface area contributed by atoms with E-state index in [1.165, 1.54) is 17.5 Å². The van der Waals surface area contributed by atoms with Gasteiger partial charge in [0.25, 0.3) is 0 Å². The van der Waals surface area contributed by atoms with Gasteiger partial charge in [-0.2, -0.15) is 0 Å². The van der Waals surface area contributed by atoms with E-state index in [-0.39, 0.29) is 0 Å². The van der Waals surface area contributed by atoms with Crippen molar-refractivity contribution < 1.29 is 4.52 Å². The van der Waals surface area contributed by atoms with Crippen molar-refractivity contribution in [3.63, 3.8) is 0 Å². The molecule has 140 valence electrons. The first-order valence-electron chi connectivity index (χ1n) is 9.61. The van der Waals surface area contributed by atoms with Crippen molar-refractivity contribution in [2.45, 2.75) is 40.2 Å². The number of likely N-dealkylation sites (tertiary alicyclic amines) is 1. The topological polar surface area (TPSA) is 55.1 Å². The molecular formula is C22H26N4O. The van der Waals surface area contributed by atoms with Gasteiger partial charge in [0.15, 0.2) is 0 Å². The fourth-order valence-corrected chi connectivity index (χ4v) is 4.02. The lowest BCUT2D eigenvalue weighted by molar-refractivity contribution is 0.315. The number of aromatic nitrogens is 3. The highest BCUT2D eigenvalue weighted by atomic mass is 16.5. The minimum atomic E-state index is 0.652. The summed E-state index contributed by atoms with van der Waals surface area (Å²) in [6.45, 7) is 9.34. The lowest BCUT2D eigenvalue weighted by Gasteiger charge is -2.17. The summed E-state index contributed by atoms with van der Waals surface area (Å²) in [6.07, 6.45) is 6.08. The van der Waals surface area contributed by atoms with Crippen LogP contribution >= 0.6 is 0 Å². The second-order valence-corrected chi connectivity index (χ2v) is 7.61. The second-order valence-electron chi connectivity index (χ2n) is 7.61. The van der Waals surface area contributed by atoms with Crippen LogP contribution in [0, 0.1) is 26.7 Å². The summed E-state index contributed by atoms with van der Waals surface area (Å²) < 4.78 is 5.30. The minimum Gasteiger partial charge on any atom is -0.361 e. The molecule has 0 aromatic carbocycles. The van der Waals surface area contributed by atoms with Gasteiger partial charge < -0.3 is 4.52 Å². The van der Waals surface area contributed by atoms with Crippen molar-refractivity contribution in [1.29, 1.82) is 0 Å². The van der Waals surface area contributed by atoms with E-state index in [0.717, 1.165) is 54.5 Å². The van der Waals surface area contributed by atoms with Crippen LogP contribution in [0.4, 0.5) is 0 Å². The van der Waals surface area contributed by atoms with E-state index in [9.17, 15) is 0 Å². The zero-order valence-corrected chi connectivity index (χ0v) is 16.3. The Hall–Kier alpha value is -2.53. The highest BCUT2D eigenvalue weighted by Gasteiger charge is 2.24. The SMILES string of the molecule is Cc1cnccc1CN1CC[C@H](Cc2cccc(-c3c(C)noc3C)n2)C1. The summed E-state index contributed by atoms with van der Waals surface area (Å²) in [4.78, 5) is 11.6. The molecule has 1 atom stereocenters. The summed E-state index contributed by atoms with van der Waals surface area (Å²) in [7, 11) is 0. The van der Waals surface area contributed by atoms with Crippen LogP contribution in [0.2, 0.25) is 0 Å². The van der Waals surface area contributed by atoms with Crippen LogP contribution in [-0.4, -0.2) is 33.1 Å². The summed E-state index contributed by atoms with van der Waals surface area (Å²) in [6, 6.07) is 8.41. The molecule has 0 radical (unpaired) electrons. The van der Waals surface area contributed by atoms with Crippen LogP contribution in [0.25, 0.3) is 11.3 Å². The molecule has 0 spiro atoms. The zero-order valence-electron chi connectivity index (χ0n) is 16.3. The van der Waals surface area contributed by atoms with Crippen LogP contribution < -0.4 is 0 Å². The summed E-state index contributed by atoms with van der Waals surface area (Å²) in [5.74, 6) is 1.48. The zero-order chi connectivity index (χ0) is 18.8. The number of nitrogens with zero attached hydrogens (tertiary/aromatic N) is 4. The van der Waals surface area contributed by atoms with Crippen LogP contribution in [-0.2, 0) is 13.0 Å². The van der Waals surface area contributed by atoms with Gasteiger partial charge in [-0.3, -0.25) is 14.9 Å². The molecular weight excluding hydrogens is 336 g/mol. The molecule has 27 heavy (non-hydrogen) atoms. The molecule has 5 heteroatoms. The molecule has 0 aliphatic carbocycles. The predicted octanol–water partition coefficient (Wildman–Crippen LogP) is 4.12. The molecule has 4 rings (SSSR count). The fraction of sp³-hybridized carbons (Fsp3) is 0.409.